The first kappa shape index (κ1) is 12.3. The number of carbonyl (C=O) groups excluding carboxylic acids is 2. The Balaban J connectivity index is 2.33. The Morgan fingerprint density at radius 3 is 2.38 bits per heavy atom. The van der Waals surface area contributed by atoms with E-state index in [1.807, 2.05) is 0 Å². The van der Waals surface area contributed by atoms with Gasteiger partial charge in [-0.25, -0.2) is 0 Å². The smallest absolute Gasteiger partial charge is 0.234 e. The zero-order chi connectivity index (χ0) is 12.2. The van der Waals surface area contributed by atoms with Crippen LogP contribution in [0.1, 0.15) is 19.8 Å². The number of nitrogens with two attached hydrogens (primary N) is 1. The van der Waals surface area contributed by atoms with Crippen molar-refractivity contribution < 1.29 is 14.8 Å². The number of amidine groups is 1. The van der Waals surface area contributed by atoms with Crippen molar-refractivity contribution in [3.63, 3.8) is 0 Å². The average Bonchev–Trinajstić information content (AvgIpc) is 3.03. The topological polar surface area (TPSA) is 117 Å². The molecular weight excluding hydrogens is 212 g/mol. The average molecular weight is 228 g/mol. The second-order valence-corrected chi connectivity index (χ2v) is 3.81. The van der Waals surface area contributed by atoms with Gasteiger partial charge in [-0.3, -0.25) is 9.59 Å². The van der Waals surface area contributed by atoms with Crippen molar-refractivity contribution in [1.29, 1.82) is 0 Å². The summed E-state index contributed by atoms with van der Waals surface area (Å²) in [6.07, 6.45) is 1.18. The van der Waals surface area contributed by atoms with E-state index >= 15 is 0 Å². The summed E-state index contributed by atoms with van der Waals surface area (Å²) in [6, 6.07) is 0. The van der Waals surface area contributed by atoms with Gasteiger partial charge in [0.15, 0.2) is 5.84 Å². The monoisotopic (exact) mass is 228 g/mol. The highest BCUT2D eigenvalue weighted by Crippen LogP contribution is 2.45. The Morgan fingerprint density at radius 2 is 1.94 bits per heavy atom. The van der Waals surface area contributed by atoms with Gasteiger partial charge in [-0.2, -0.15) is 0 Å². The molecule has 0 radical (unpaired) electrons. The van der Waals surface area contributed by atoms with Crippen LogP contribution in [-0.4, -0.2) is 35.9 Å². The van der Waals surface area contributed by atoms with Crippen LogP contribution in [-0.2, 0) is 9.59 Å². The lowest BCUT2D eigenvalue weighted by Gasteiger charge is -2.13. The highest BCUT2D eigenvalue weighted by atomic mass is 16.4. The second kappa shape index (κ2) is 4.82. The van der Waals surface area contributed by atoms with Gasteiger partial charge >= 0.3 is 0 Å². The zero-order valence-electron chi connectivity index (χ0n) is 9.12. The summed E-state index contributed by atoms with van der Waals surface area (Å²) in [6.45, 7) is 2.10. The first-order valence-corrected chi connectivity index (χ1v) is 5.03. The summed E-state index contributed by atoms with van der Waals surface area (Å²) in [5.74, 6) is -0.454. The number of amides is 2. The van der Waals surface area contributed by atoms with Gasteiger partial charge in [0.05, 0.1) is 0 Å². The van der Waals surface area contributed by atoms with Gasteiger partial charge in [0.1, 0.15) is 5.41 Å². The van der Waals surface area contributed by atoms with E-state index < -0.39 is 5.41 Å². The summed E-state index contributed by atoms with van der Waals surface area (Å²) in [7, 11) is 0. The third kappa shape index (κ3) is 2.62. The van der Waals surface area contributed by atoms with Crippen LogP contribution >= 0.6 is 0 Å². The lowest BCUT2D eigenvalue weighted by Crippen LogP contribution is -2.43. The van der Waals surface area contributed by atoms with E-state index in [1.54, 1.807) is 0 Å². The highest BCUT2D eigenvalue weighted by Gasteiger charge is 2.54. The number of hydrogen-bond acceptors (Lipinski definition) is 4. The number of hydrogen-bond donors (Lipinski definition) is 4. The molecule has 16 heavy (non-hydrogen) atoms. The number of nitrogens with one attached hydrogen (secondary N) is 2. The Kier molecular flexibility index (Phi) is 3.70. The van der Waals surface area contributed by atoms with Crippen molar-refractivity contribution >= 4 is 17.6 Å². The molecular formula is C9H16N4O3. The molecule has 0 atom stereocenters. The van der Waals surface area contributed by atoms with Crippen LogP contribution in [0.25, 0.3) is 0 Å². The van der Waals surface area contributed by atoms with Crippen LogP contribution in [0.3, 0.4) is 0 Å². The molecule has 1 aliphatic rings. The van der Waals surface area contributed by atoms with E-state index in [0.29, 0.717) is 25.9 Å². The fourth-order valence-corrected chi connectivity index (χ4v) is 1.40. The van der Waals surface area contributed by atoms with Gasteiger partial charge < -0.3 is 21.6 Å². The molecule has 0 unspecified atom stereocenters. The lowest BCUT2D eigenvalue weighted by atomic mass is 10.1. The quantitative estimate of drug-likeness (QED) is 0.155. The lowest BCUT2D eigenvalue weighted by molar-refractivity contribution is -0.124. The van der Waals surface area contributed by atoms with Crippen LogP contribution < -0.4 is 16.4 Å². The standard InChI is InChI=1S/C9H16N4O3/c1-6(14)11-4-5-12-8(15)9(2-3-9)7(10)13-16/h16H,2-5H2,1H3,(H2,10,13)(H,11,14)(H,12,15). The Bertz CT molecular complexity index is 323. The fraction of sp³-hybridized carbons (Fsp3) is 0.667. The normalized spacial score (nSPS) is 17.7. The van der Waals surface area contributed by atoms with Crippen LogP contribution in [0.5, 0.6) is 0 Å². The van der Waals surface area contributed by atoms with Gasteiger partial charge in [0.25, 0.3) is 0 Å². The van der Waals surface area contributed by atoms with Crippen LogP contribution in [0.15, 0.2) is 5.16 Å². The summed E-state index contributed by atoms with van der Waals surface area (Å²) >= 11 is 0. The maximum atomic E-state index is 11.7. The summed E-state index contributed by atoms with van der Waals surface area (Å²) in [5.41, 5.74) is 4.61. The van der Waals surface area contributed by atoms with Crippen molar-refractivity contribution in [2.75, 3.05) is 13.1 Å². The molecule has 0 aromatic heterocycles. The molecule has 0 spiro atoms. The number of carbonyl (C=O) groups is 2. The van der Waals surface area contributed by atoms with Gasteiger partial charge in [-0.1, -0.05) is 5.16 Å². The third-order valence-electron chi connectivity index (χ3n) is 2.57. The molecule has 7 heteroatoms. The maximum absolute atomic E-state index is 11.7. The third-order valence-corrected chi connectivity index (χ3v) is 2.57. The van der Waals surface area contributed by atoms with Crippen molar-refractivity contribution in [2.45, 2.75) is 19.8 Å². The Labute approximate surface area is 93.1 Å². The molecule has 0 aromatic rings. The van der Waals surface area contributed by atoms with E-state index in [0.717, 1.165) is 0 Å². The van der Waals surface area contributed by atoms with Crippen molar-refractivity contribution in [3.8, 4) is 0 Å². The van der Waals surface area contributed by atoms with Crippen LogP contribution in [0, 0.1) is 5.41 Å². The maximum Gasteiger partial charge on any atom is 0.234 e. The van der Waals surface area contributed by atoms with Gasteiger partial charge in [0.2, 0.25) is 11.8 Å². The van der Waals surface area contributed by atoms with E-state index in [4.69, 9.17) is 10.9 Å². The number of oxime groups is 1. The Hall–Kier alpha value is -1.79. The molecule has 0 saturated heterocycles. The molecule has 7 nitrogen and oxygen atoms in total. The minimum Gasteiger partial charge on any atom is -0.409 e. The molecule has 1 rings (SSSR count). The summed E-state index contributed by atoms with van der Waals surface area (Å²) in [5, 5.41) is 16.6. The van der Waals surface area contributed by atoms with Crippen molar-refractivity contribution in [2.24, 2.45) is 16.3 Å². The molecule has 0 aromatic carbocycles. The van der Waals surface area contributed by atoms with Gasteiger partial charge in [-0.05, 0) is 12.8 Å². The van der Waals surface area contributed by atoms with E-state index in [2.05, 4.69) is 15.8 Å². The molecule has 2 amide bonds. The zero-order valence-corrected chi connectivity index (χ0v) is 9.12. The highest BCUT2D eigenvalue weighted by molar-refractivity contribution is 6.09. The molecule has 0 aliphatic heterocycles. The molecule has 0 bridgehead atoms. The number of rotatable bonds is 5. The molecule has 90 valence electrons. The molecule has 1 aliphatic carbocycles. The fourth-order valence-electron chi connectivity index (χ4n) is 1.40. The Morgan fingerprint density at radius 1 is 1.38 bits per heavy atom. The SMILES string of the molecule is CC(=O)NCCNC(=O)C1(C(N)=NO)CC1. The van der Waals surface area contributed by atoms with E-state index in [1.165, 1.54) is 6.92 Å². The molecule has 1 saturated carbocycles. The minimum absolute atomic E-state index is 0.0514. The van der Waals surface area contributed by atoms with Crippen molar-refractivity contribution in [3.05, 3.63) is 0 Å². The largest absolute Gasteiger partial charge is 0.409 e. The molecule has 0 heterocycles. The van der Waals surface area contributed by atoms with Crippen LogP contribution in [0.4, 0.5) is 0 Å². The molecule has 1 fully saturated rings. The van der Waals surface area contributed by atoms with Gasteiger partial charge in [-0.15, -0.1) is 0 Å². The predicted octanol–water partition coefficient (Wildman–Crippen LogP) is -1.23. The predicted molar refractivity (Wildman–Crippen MR) is 56.8 cm³/mol. The summed E-state index contributed by atoms with van der Waals surface area (Å²) < 4.78 is 0. The number of nitrogens with zero attached hydrogens (tertiary/aromatic N) is 1. The van der Waals surface area contributed by atoms with Gasteiger partial charge in [0, 0.05) is 20.0 Å². The first-order chi connectivity index (χ1) is 7.53. The van der Waals surface area contributed by atoms with E-state index in [9.17, 15) is 9.59 Å². The van der Waals surface area contributed by atoms with Crippen molar-refractivity contribution in [1.82, 2.24) is 10.6 Å². The minimum atomic E-state index is -0.828. The molecule has 5 N–H and O–H groups in total. The summed E-state index contributed by atoms with van der Waals surface area (Å²) in [4.78, 5) is 22.2. The second-order valence-electron chi connectivity index (χ2n) is 3.81. The van der Waals surface area contributed by atoms with Crippen LogP contribution in [0.2, 0.25) is 0 Å². The van der Waals surface area contributed by atoms with E-state index in [-0.39, 0.29) is 17.6 Å². The first-order valence-electron chi connectivity index (χ1n) is 5.03.